The van der Waals surface area contributed by atoms with Crippen LogP contribution in [-0.2, 0) is 9.53 Å². The molecule has 0 fully saturated rings. The topological polar surface area (TPSA) is 80.3 Å². The van der Waals surface area contributed by atoms with Gasteiger partial charge >= 0.3 is 5.97 Å². The number of esters is 1. The van der Waals surface area contributed by atoms with Crippen molar-refractivity contribution in [3.8, 4) is 0 Å². The minimum absolute atomic E-state index is 0.0853. The van der Waals surface area contributed by atoms with E-state index in [0.29, 0.717) is 16.5 Å². The van der Waals surface area contributed by atoms with E-state index in [-0.39, 0.29) is 16.6 Å². The number of hydrogen-bond donors (Lipinski definition) is 2. The van der Waals surface area contributed by atoms with Crippen molar-refractivity contribution in [1.82, 2.24) is 4.98 Å². The number of carbonyl (C=O) groups excluding carboxylic acids is 2. The lowest BCUT2D eigenvalue weighted by atomic mass is 10.2. The smallest absolute Gasteiger partial charge is 0.342 e. The van der Waals surface area contributed by atoms with E-state index in [4.69, 9.17) is 27.9 Å². The van der Waals surface area contributed by atoms with Crippen molar-refractivity contribution in [2.45, 2.75) is 32.9 Å². The summed E-state index contributed by atoms with van der Waals surface area (Å²) in [5.74, 6) is -0.774. The fraction of sp³-hybridized carbons (Fsp3) is 0.278. The normalized spacial score (nSPS) is 11.8. The van der Waals surface area contributed by atoms with E-state index in [2.05, 4.69) is 15.6 Å². The van der Waals surface area contributed by atoms with Crippen LogP contribution < -0.4 is 10.6 Å². The number of pyridine rings is 1. The summed E-state index contributed by atoms with van der Waals surface area (Å²) in [6, 6.07) is 8.15. The Morgan fingerprint density at radius 3 is 2.54 bits per heavy atom. The molecular formula is C18H19Cl2N3O3. The van der Waals surface area contributed by atoms with Gasteiger partial charge in [-0.3, -0.25) is 4.79 Å². The lowest BCUT2D eigenvalue weighted by molar-refractivity contribution is -0.123. The first-order chi connectivity index (χ1) is 12.3. The third-order valence-electron chi connectivity index (χ3n) is 3.32. The standard InChI is InChI=1S/C18H19Cl2N3O3/c1-10(2)22-16-12(6-5-9-21-16)18(25)26-11(3)17(24)23-14-8-4-7-13(19)15(14)20/h4-11H,1-3H3,(H,21,22)(H,23,24). The zero-order valence-corrected chi connectivity index (χ0v) is 16.1. The first kappa shape index (κ1) is 20.0. The lowest BCUT2D eigenvalue weighted by Gasteiger charge is -2.16. The van der Waals surface area contributed by atoms with Gasteiger partial charge < -0.3 is 15.4 Å². The molecule has 2 rings (SSSR count). The van der Waals surface area contributed by atoms with E-state index in [1.165, 1.54) is 6.92 Å². The highest BCUT2D eigenvalue weighted by molar-refractivity contribution is 6.44. The summed E-state index contributed by atoms with van der Waals surface area (Å²) < 4.78 is 5.26. The number of nitrogens with one attached hydrogen (secondary N) is 2. The van der Waals surface area contributed by atoms with Crippen LogP contribution in [0.1, 0.15) is 31.1 Å². The highest BCUT2D eigenvalue weighted by Gasteiger charge is 2.22. The van der Waals surface area contributed by atoms with Crippen LogP contribution in [0.5, 0.6) is 0 Å². The maximum Gasteiger partial charge on any atom is 0.342 e. The first-order valence-corrected chi connectivity index (χ1v) is 8.72. The molecule has 0 aliphatic rings. The maximum absolute atomic E-state index is 12.4. The Kier molecular flexibility index (Phi) is 6.83. The Labute approximate surface area is 161 Å². The SMILES string of the molecule is CC(C)Nc1ncccc1C(=O)OC(C)C(=O)Nc1cccc(Cl)c1Cl. The molecule has 0 aliphatic carbocycles. The molecule has 1 aromatic heterocycles. The molecule has 0 saturated carbocycles. The van der Waals surface area contributed by atoms with Crippen molar-refractivity contribution in [3.63, 3.8) is 0 Å². The summed E-state index contributed by atoms with van der Waals surface area (Å²) in [6.07, 6.45) is 0.531. The Bertz CT molecular complexity index is 812. The van der Waals surface area contributed by atoms with Crippen LogP contribution in [0, 0.1) is 0 Å². The van der Waals surface area contributed by atoms with Crippen LogP contribution in [0.2, 0.25) is 10.0 Å². The van der Waals surface area contributed by atoms with E-state index >= 15 is 0 Å². The van der Waals surface area contributed by atoms with Crippen molar-refractivity contribution in [3.05, 3.63) is 52.1 Å². The fourth-order valence-corrected chi connectivity index (χ4v) is 2.42. The molecule has 8 heteroatoms. The summed E-state index contributed by atoms with van der Waals surface area (Å²) in [5, 5.41) is 6.19. The second kappa shape index (κ2) is 8.87. The number of carbonyl (C=O) groups is 2. The maximum atomic E-state index is 12.4. The molecule has 2 aromatic rings. The molecule has 1 unspecified atom stereocenters. The number of rotatable bonds is 6. The average Bonchev–Trinajstić information content (AvgIpc) is 2.58. The van der Waals surface area contributed by atoms with Crippen LogP contribution in [0.15, 0.2) is 36.5 Å². The first-order valence-electron chi connectivity index (χ1n) is 7.97. The fourth-order valence-electron chi connectivity index (χ4n) is 2.07. The Hall–Kier alpha value is -2.31. The molecule has 0 saturated heterocycles. The highest BCUT2D eigenvalue weighted by atomic mass is 35.5. The van der Waals surface area contributed by atoms with Crippen LogP contribution in [-0.4, -0.2) is 29.0 Å². The number of benzene rings is 1. The summed E-state index contributed by atoms with van der Waals surface area (Å²) >= 11 is 12.0. The molecule has 0 bridgehead atoms. The molecule has 2 N–H and O–H groups in total. The van der Waals surface area contributed by atoms with Gasteiger partial charge in [0.2, 0.25) is 0 Å². The molecule has 0 aliphatic heterocycles. The number of hydrogen-bond acceptors (Lipinski definition) is 5. The highest BCUT2D eigenvalue weighted by Crippen LogP contribution is 2.29. The van der Waals surface area contributed by atoms with Gasteiger partial charge in [0.1, 0.15) is 11.4 Å². The van der Waals surface area contributed by atoms with Gasteiger partial charge in [0.05, 0.1) is 15.7 Å². The van der Waals surface area contributed by atoms with Gasteiger partial charge in [0.15, 0.2) is 6.10 Å². The van der Waals surface area contributed by atoms with E-state index in [1.54, 1.807) is 36.5 Å². The van der Waals surface area contributed by atoms with Gasteiger partial charge in [-0.05, 0) is 45.0 Å². The predicted molar refractivity (Wildman–Crippen MR) is 103 cm³/mol. The molecule has 0 radical (unpaired) electrons. The third-order valence-corrected chi connectivity index (χ3v) is 4.13. The molecule has 1 amide bonds. The minimum Gasteiger partial charge on any atom is -0.449 e. The zero-order chi connectivity index (χ0) is 19.3. The van der Waals surface area contributed by atoms with Gasteiger partial charge in [-0.1, -0.05) is 29.3 Å². The van der Waals surface area contributed by atoms with Crippen LogP contribution in [0.3, 0.4) is 0 Å². The van der Waals surface area contributed by atoms with Crippen molar-refractivity contribution in [1.29, 1.82) is 0 Å². The van der Waals surface area contributed by atoms with Gasteiger partial charge in [0.25, 0.3) is 5.91 Å². The van der Waals surface area contributed by atoms with Gasteiger partial charge in [-0.15, -0.1) is 0 Å². The summed E-state index contributed by atoms with van der Waals surface area (Å²) in [5.41, 5.74) is 0.595. The van der Waals surface area contributed by atoms with Crippen LogP contribution >= 0.6 is 23.2 Å². The molecule has 0 spiro atoms. The number of ether oxygens (including phenoxy) is 1. The second-order valence-electron chi connectivity index (χ2n) is 5.84. The third kappa shape index (κ3) is 5.09. The van der Waals surface area contributed by atoms with Crippen LogP contribution in [0.4, 0.5) is 11.5 Å². The van der Waals surface area contributed by atoms with Crippen molar-refractivity contribution in [2.75, 3.05) is 10.6 Å². The largest absolute Gasteiger partial charge is 0.449 e. The molecule has 138 valence electrons. The number of anilines is 2. The van der Waals surface area contributed by atoms with Gasteiger partial charge in [-0.25, -0.2) is 9.78 Å². The number of halogens is 2. The Balaban J connectivity index is 2.07. The quantitative estimate of drug-likeness (QED) is 0.708. The molecule has 6 nitrogen and oxygen atoms in total. The molecule has 1 atom stereocenters. The van der Waals surface area contributed by atoms with Crippen LogP contribution in [0.25, 0.3) is 0 Å². The number of nitrogens with zero attached hydrogens (tertiary/aromatic N) is 1. The summed E-state index contributed by atoms with van der Waals surface area (Å²) in [7, 11) is 0. The van der Waals surface area contributed by atoms with Gasteiger partial charge in [-0.2, -0.15) is 0 Å². The average molecular weight is 396 g/mol. The van der Waals surface area contributed by atoms with Crippen molar-refractivity contribution < 1.29 is 14.3 Å². The van der Waals surface area contributed by atoms with Crippen molar-refractivity contribution in [2.24, 2.45) is 0 Å². The molecular weight excluding hydrogens is 377 g/mol. The summed E-state index contributed by atoms with van der Waals surface area (Å²) in [4.78, 5) is 28.8. The molecule has 26 heavy (non-hydrogen) atoms. The zero-order valence-electron chi connectivity index (χ0n) is 14.5. The second-order valence-corrected chi connectivity index (χ2v) is 6.62. The monoisotopic (exact) mass is 395 g/mol. The number of aromatic nitrogens is 1. The van der Waals surface area contributed by atoms with E-state index in [0.717, 1.165) is 0 Å². The predicted octanol–water partition coefficient (Wildman–Crippen LogP) is 4.39. The van der Waals surface area contributed by atoms with Gasteiger partial charge in [0, 0.05) is 12.2 Å². The van der Waals surface area contributed by atoms with E-state index in [1.807, 2.05) is 13.8 Å². The van der Waals surface area contributed by atoms with E-state index < -0.39 is 18.0 Å². The molecule has 1 heterocycles. The lowest BCUT2D eigenvalue weighted by Crippen LogP contribution is -2.30. The minimum atomic E-state index is -1.04. The number of amides is 1. The van der Waals surface area contributed by atoms with Crippen molar-refractivity contribution >= 4 is 46.6 Å². The Morgan fingerprint density at radius 2 is 1.85 bits per heavy atom. The van der Waals surface area contributed by atoms with E-state index in [9.17, 15) is 9.59 Å². The molecule has 1 aromatic carbocycles. The summed E-state index contributed by atoms with van der Waals surface area (Å²) in [6.45, 7) is 5.32. The Morgan fingerprint density at radius 1 is 1.12 bits per heavy atom.